The molecular formula is C23H36N2O2. The Hall–Kier alpha value is -1.84. The third-order valence-electron chi connectivity index (χ3n) is 5.61. The summed E-state index contributed by atoms with van der Waals surface area (Å²) in [6, 6.07) is 10.6. The Morgan fingerprint density at radius 2 is 1.59 bits per heavy atom. The van der Waals surface area contributed by atoms with E-state index in [1.807, 2.05) is 15.9 Å². The number of carbonyl (C=O) groups excluding carboxylic acids is 2. The maximum Gasteiger partial charge on any atom is 0.237 e. The molecule has 0 aliphatic carbocycles. The second-order valence-corrected chi connectivity index (χ2v) is 8.34. The maximum absolute atomic E-state index is 13.1. The number of likely N-dealkylation sites (tertiary alicyclic amines) is 1. The highest BCUT2D eigenvalue weighted by molar-refractivity contribution is 6.04. The van der Waals surface area contributed by atoms with Crippen molar-refractivity contribution < 1.29 is 9.59 Å². The molecule has 0 bridgehead atoms. The van der Waals surface area contributed by atoms with Crippen molar-refractivity contribution in [2.45, 2.75) is 59.8 Å². The van der Waals surface area contributed by atoms with Crippen LogP contribution in [0.4, 0.5) is 0 Å². The fourth-order valence-corrected chi connectivity index (χ4v) is 4.02. The van der Waals surface area contributed by atoms with Gasteiger partial charge >= 0.3 is 0 Å². The minimum absolute atomic E-state index is 0.0112. The summed E-state index contributed by atoms with van der Waals surface area (Å²) in [4.78, 5) is 29.9. The van der Waals surface area contributed by atoms with Crippen LogP contribution in [-0.4, -0.2) is 47.8 Å². The third kappa shape index (κ3) is 5.57. The van der Waals surface area contributed by atoms with Gasteiger partial charge in [0, 0.05) is 26.2 Å². The standard InChI is InChI=1S/C23H36N2O2/c1-5-14-24(15-6-2)21(26)23(3,4)22(27)25-16-12-20(13-17-25)18-19-10-8-7-9-11-19/h7-11,20H,5-6,12-18H2,1-4H3. The Morgan fingerprint density at radius 3 is 2.11 bits per heavy atom. The number of piperidine rings is 1. The molecule has 1 aromatic carbocycles. The molecule has 0 radical (unpaired) electrons. The topological polar surface area (TPSA) is 40.6 Å². The molecule has 0 atom stereocenters. The minimum Gasteiger partial charge on any atom is -0.342 e. The lowest BCUT2D eigenvalue weighted by Crippen LogP contribution is -2.53. The van der Waals surface area contributed by atoms with Gasteiger partial charge in [0.25, 0.3) is 0 Å². The van der Waals surface area contributed by atoms with Crippen LogP contribution in [0.3, 0.4) is 0 Å². The van der Waals surface area contributed by atoms with Gasteiger partial charge in [-0.2, -0.15) is 0 Å². The molecule has 0 saturated carbocycles. The molecule has 4 nitrogen and oxygen atoms in total. The van der Waals surface area contributed by atoms with Crippen LogP contribution in [0.2, 0.25) is 0 Å². The van der Waals surface area contributed by atoms with Crippen LogP contribution >= 0.6 is 0 Å². The van der Waals surface area contributed by atoms with Crippen molar-refractivity contribution in [2.75, 3.05) is 26.2 Å². The lowest BCUT2D eigenvalue weighted by atomic mass is 9.86. The fourth-order valence-electron chi connectivity index (χ4n) is 4.02. The zero-order valence-corrected chi connectivity index (χ0v) is 17.5. The number of carbonyl (C=O) groups is 2. The van der Waals surface area contributed by atoms with Crippen LogP contribution in [0, 0.1) is 11.3 Å². The van der Waals surface area contributed by atoms with E-state index in [0.717, 1.165) is 58.3 Å². The van der Waals surface area contributed by atoms with Gasteiger partial charge in [0.05, 0.1) is 0 Å². The van der Waals surface area contributed by atoms with Crippen molar-refractivity contribution in [3.63, 3.8) is 0 Å². The summed E-state index contributed by atoms with van der Waals surface area (Å²) in [5, 5.41) is 0. The Labute approximate surface area is 164 Å². The predicted octanol–water partition coefficient (Wildman–Crippen LogP) is 4.14. The van der Waals surface area contributed by atoms with Gasteiger partial charge in [0.15, 0.2) is 0 Å². The minimum atomic E-state index is -0.976. The SMILES string of the molecule is CCCN(CCC)C(=O)C(C)(C)C(=O)N1CCC(Cc2ccccc2)CC1. The van der Waals surface area contributed by atoms with Gasteiger partial charge in [0.1, 0.15) is 5.41 Å². The number of amides is 2. The summed E-state index contributed by atoms with van der Waals surface area (Å²) < 4.78 is 0. The quantitative estimate of drug-likeness (QED) is 0.644. The van der Waals surface area contributed by atoms with Crippen LogP contribution in [0.25, 0.3) is 0 Å². The van der Waals surface area contributed by atoms with E-state index in [4.69, 9.17) is 0 Å². The van der Waals surface area contributed by atoms with E-state index in [0.29, 0.717) is 5.92 Å². The van der Waals surface area contributed by atoms with E-state index < -0.39 is 5.41 Å². The van der Waals surface area contributed by atoms with Crippen LogP contribution in [0.1, 0.15) is 58.9 Å². The monoisotopic (exact) mass is 372 g/mol. The molecule has 2 amide bonds. The molecule has 2 rings (SSSR count). The Kier molecular flexibility index (Phi) is 7.88. The van der Waals surface area contributed by atoms with Gasteiger partial charge in [-0.3, -0.25) is 9.59 Å². The summed E-state index contributed by atoms with van der Waals surface area (Å²) in [7, 11) is 0. The highest BCUT2D eigenvalue weighted by Gasteiger charge is 2.42. The van der Waals surface area contributed by atoms with Crippen LogP contribution in [0.5, 0.6) is 0 Å². The molecule has 1 aromatic rings. The first kappa shape index (κ1) is 21.5. The van der Waals surface area contributed by atoms with E-state index in [2.05, 4.69) is 38.1 Å². The summed E-state index contributed by atoms with van der Waals surface area (Å²) in [5.74, 6) is 0.581. The summed E-state index contributed by atoms with van der Waals surface area (Å²) >= 11 is 0. The molecule has 27 heavy (non-hydrogen) atoms. The average Bonchev–Trinajstić information content (AvgIpc) is 2.68. The molecule has 0 aromatic heterocycles. The van der Waals surface area contributed by atoms with Crippen molar-refractivity contribution in [1.82, 2.24) is 9.80 Å². The Morgan fingerprint density at radius 1 is 1.04 bits per heavy atom. The molecular weight excluding hydrogens is 336 g/mol. The lowest BCUT2D eigenvalue weighted by molar-refractivity contribution is -0.155. The van der Waals surface area contributed by atoms with Crippen LogP contribution in [0.15, 0.2) is 30.3 Å². The Balaban J connectivity index is 1.93. The molecule has 4 heteroatoms. The molecule has 1 saturated heterocycles. The highest BCUT2D eigenvalue weighted by Crippen LogP contribution is 2.28. The van der Waals surface area contributed by atoms with Crippen molar-refractivity contribution in [3.05, 3.63) is 35.9 Å². The number of hydrogen-bond acceptors (Lipinski definition) is 2. The normalized spacial score (nSPS) is 15.6. The van der Waals surface area contributed by atoms with Crippen LogP contribution < -0.4 is 0 Å². The van der Waals surface area contributed by atoms with Crippen LogP contribution in [-0.2, 0) is 16.0 Å². The van der Waals surface area contributed by atoms with E-state index in [1.54, 1.807) is 13.8 Å². The number of hydrogen-bond donors (Lipinski definition) is 0. The number of rotatable bonds is 8. The van der Waals surface area contributed by atoms with Crippen molar-refractivity contribution >= 4 is 11.8 Å². The molecule has 0 spiro atoms. The van der Waals surface area contributed by atoms with E-state index >= 15 is 0 Å². The van der Waals surface area contributed by atoms with Crippen molar-refractivity contribution in [2.24, 2.45) is 11.3 Å². The van der Waals surface area contributed by atoms with Crippen molar-refractivity contribution in [3.8, 4) is 0 Å². The van der Waals surface area contributed by atoms with Gasteiger partial charge < -0.3 is 9.80 Å². The second kappa shape index (κ2) is 9.91. The smallest absolute Gasteiger partial charge is 0.237 e. The summed E-state index contributed by atoms with van der Waals surface area (Å²) in [6.45, 7) is 10.7. The van der Waals surface area contributed by atoms with Gasteiger partial charge in [-0.15, -0.1) is 0 Å². The number of nitrogens with zero attached hydrogens (tertiary/aromatic N) is 2. The zero-order valence-electron chi connectivity index (χ0n) is 17.5. The summed E-state index contributed by atoms with van der Waals surface area (Å²) in [5.41, 5.74) is 0.393. The van der Waals surface area contributed by atoms with Crippen molar-refractivity contribution in [1.29, 1.82) is 0 Å². The third-order valence-corrected chi connectivity index (χ3v) is 5.61. The molecule has 1 aliphatic rings. The molecule has 1 fully saturated rings. The molecule has 150 valence electrons. The lowest BCUT2D eigenvalue weighted by Gasteiger charge is -2.38. The van der Waals surface area contributed by atoms with Gasteiger partial charge in [-0.05, 0) is 57.4 Å². The Bertz CT molecular complexity index is 598. The fraction of sp³-hybridized carbons (Fsp3) is 0.652. The zero-order chi connectivity index (χ0) is 19.9. The van der Waals surface area contributed by atoms with Gasteiger partial charge in [-0.25, -0.2) is 0 Å². The van der Waals surface area contributed by atoms with E-state index in [1.165, 1.54) is 5.56 Å². The average molecular weight is 373 g/mol. The maximum atomic E-state index is 13.1. The molecule has 0 N–H and O–H groups in total. The first-order valence-electron chi connectivity index (χ1n) is 10.5. The first-order chi connectivity index (χ1) is 12.9. The second-order valence-electron chi connectivity index (χ2n) is 8.34. The first-order valence-corrected chi connectivity index (χ1v) is 10.5. The van der Waals surface area contributed by atoms with E-state index in [9.17, 15) is 9.59 Å². The van der Waals surface area contributed by atoms with Gasteiger partial charge in [-0.1, -0.05) is 44.2 Å². The molecule has 0 unspecified atom stereocenters. The largest absolute Gasteiger partial charge is 0.342 e. The molecule has 1 heterocycles. The predicted molar refractivity (Wildman–Crippen MR) is 110 cm³/mol. The highest BCUT2D eigenvalue weighted by atomic mass is 16.2. The number of benzene rings is 1. The summed E-state index contributed by atoms with van der Waals surface area (Å²) in [6.07, 6.45) is 4.94. The van der Waals surface area contributed by atoms with E-state index in [-0.39, 0.29) is 11.8 Å². The molecule has 1 aliphatic heterocycles. The van der Waals surface area contributed by atoms with Gasteiger partial charge in [0.2, 0.25) is 11.8 Å².